The fourth-order valence-corrected chi connectivity index (χ4v) is 5.25. The second kappa shape index (κ2) is 5.97. The summed E-state index contributed by atoms with van der Waals surface area (Å²) in [5.74, 6) is 0. The highest BCUT2D eigenvalue weighted by atomic mass is 32.2. The van der Waals surface area contributed by atoms with Crippen molar-refractivity contribution in [1.82, 2.24) is 14.2 Å². The lowest BCUT2D eigenvalue weighted by molar-refractivity contribution is 0.582. The first-order chi connectivity index (χ1) is 11.6. The van der Waals surface area contributed by atoms with E-state index in [0.29, 0.717) is 5.69 Å². The Morgan fingerprint density at radius 1 is 1.00 bits per heavy atom. The maximum absolute atomic E-state index is 12.5. The first kappa shape index (κ1) is 15.3. The number of aromatic nitrogens is 3. The second-order valence-electron chi connectivity index (χ2n) is 4.91. The van der Waals surface area contributed by atoms with Gasteiger partial charge in [0.15, 0.2) is 0 Å². The number of rotatable bonds is 4. The zero-order valence-electron chi connectivity index (χ0n) is 12.2. The van der Waals surface area contributed by atoms with E-state index in [0.717, 1.165) is 19.5 Å². The molecule has 5 nitrogen and oxygen atoms in total. The summed E-state index contributed by atoms with van der Waals surface area (Å²) in [6.45, 7) is 0. The summed E-state index contributed by atoms with van der Waals surface area (Å²) >= 11 is 2.65. The standard InChI is InChI=1S/C16H11N3O2S3/c20-24(21,15-7-4-10-22-15)19-9-8-13(18-19)14-11-17-16(23-14)12-5-2-1-3-6-12/h1-11H. The molecule has 120 valence electrons. The van der Waals surface area contributed by atoms with Crippen molar-refractivity contribution in [1.29, 1.82) is 0 Å². The predicted molar refractivity (Wildman–Crippen MR) is 95.7 cm³/mol. The van der Waals surface area contributed by atoms with Crippen LogP contribution in [0.4, 0.5) is 0 Å². The summed E-state index contributed by atoms with van der Waals surface area (Å²) in [4.78, 5) is 5.23. The van der Waals surface area contributed by atoms with Gasteiger partial charge in [-0.25, -0.2) is 4.98 Å². The summed E-state index contributed by atoms with van der Waals surface area (Å²) in [7, 11) is -3.62. The highest BCUT2D eigenvalue weighted by molar-refractivity contribution is 7.91. The van der Waals surface area contributed by atoms with Crippen molar-refractivity contribution in [3.63, 3.8) is 0 Å². The van der Waals surface area contributed by atoms with Gasteiger partial charge in [-0.3, -0.25) is 0 Å². The van der Waals surface area contributed by atoms with E-state index in [4.69, 9.17) is 0 Å². The second-order valence-corrected chi connectivity index (χ2v) is 8.91. The van der Waals surface area contributed by atoms with Crippen molar-refractivity contribution in [2.45, 2.75) is 4.21 Å². The maximum atomic E-state index is 12.5. The molecule has 0 aliphatic rings. The van der Waals surface area contributed by atoms with Gasteiger partial charge in [-0.05, 0) is 17.5 Å². The Morgan fingerprint density at radius 2 is 1.83 bits per heavy atom. The summed E-state index contributed by atoms with van der Waals surface area (Å²) in [5.41, 5.74) is 1.62. The van der Waals surface area contributed by atoms with Gasteiger partial charge in [0.2, 0.25) is 0 Å². The number of thiophene rings is 1. The van der Waals surface area contributed by atoms with E-state index < -0.39 is 10.0 Å². The zero-order chi connectivity index (χ0) is 16.6. The first-order valence-electron chi connectivity index (χ1n) is 7.01. The van der Waals surface area contributed by atoms with Crippen LogP contribution >= 0.6 is 22.7 Å². The average molecular weight is 373 g/mol. The van der Waals surface area contributed by atoms with Gasteiger partial charge in [0.05, 0.1) is 4.88 Å². The van der Waals surface area contributed by atoms with Gasteiger partial charge in [-0.1, -0.05) is 36.4 Å². The molecule has 0 fully saturated rings. The van der Waals surface area contributed by atoms with Crippen molar-refractivity contribution >= 4 is 32.7 Å². The van der Waals surface area contributed by atoms with Crippen LogP contribution in [0.3, 0.4) is 0 Å². The quantitative estimate of drug-likeness (QED) is 0.543. The van der Waals surface area contributed by atoms with Crippen molar-refractivity contribution in [3.8, 4) is 21.1 Å². The molecule has 1 aromatic carbocycles. The third-order valence-electron chi connectivity index (χ3n) is 3.34. The number of hydrogen-bond donors (Lipinski definition) is 0. The molecule has 0 amide bonds. The van der Waals surface area contributed by atoms with E-state index >= 15 is 0 Å². The van der Waals surface area contributed by atoms with Crippen molar-refractivity contribution < 1.29 is 8.42 Å². The number of hydrogen-bond acceptors (Lipinski definition) is 6. The van der Waals surface area contributed by atoms with Crippen LogP contribution in [0.1, 0.15) is 0 Å². The Balaban J connectivity index is 1.68. The summed E-state index contributed by atoms with van der Waals surface area (Å²) < 4.78 is 26.2. The maximum Gasteiger partial charge on any atom is 0.292 e. The predicted octanol–water partition coefficient (Wildman–Crippen LogP) is 3.97. The van der Waals surface area contributed by atoms with Crippen LogP contribution in [0.2, 0.25) is 0 Å². The molecule has 4 rings (SSSR count). The van der Waals surface area contributed by atoms with Gasteiger partial charge in [0.25, 0.3) is 10.0 Å². The number of thiazole rings is 1. The zero-order valence-corrected chi connectivity index (χ0v) is 14.7. The van der Waals surface area contributed by atoms with Crippen LogP contribution in [-0.4, -0.2) is 22.6 Å². The van der Waals surface area contributed by atoms with Gasteiger partial charge >= 0.3 is 0 Å². The lowest BCUT2D eigenvalue weighted by Crippen LogP contribution is -2.12. The summed E-state index contributed by atoms with van der Waals surface area (Å²) in [6, 6.07) is 14.8. The van der Waals surface area contributed by atoms with Gasteiger partial charge < -0.3 is 0 Å². The van der Waals surface area contributed by atoms with E-state index in [1.807, 2.05) is 30.3 Å². The molecule has 3 aromatic heterocycles. The number of benzene rings is 1. The molecular weight excluding hydrogens is 362 g/mol. The summed E-state index contributed by atoms with van der Waals surface area (Å²) in [5, 5.41) is 6.83. The van der Waals surface area contributed by atoms with E-state index in [1.54, 1.807) is 29.8 Å². The highest BCUT2D eigenvalue weighted by Crippen LogP contribution is 2.31. The first-order valence-corrected chi connectivity index (χ1v) is 10.1. The van der Waals surface area contributed by atoms with E-state index in [2.05, 4.69) is 10.1 Å². The largest absolute Gasteiger partial charge is 0.292 e. The van der Waals surface area contributed by atoms with E-state index in [9.17, 15) is 8.42 Å². The fraction of sp³-hybridized carbons (Fsp3) is 0. The normalized spacial score (nSPS) is 11.7. The molecule has 0 saturated heterocycles. The van der Waals surface area contributed by atoms with E-state index in [-0.39, 0.29) is 4.21 Å². The molecule has 0 radical (unpaired) electrons. The van der Waals surface area contributed by atoms with Gasteiger partial charge in [-0.2, -0.15) is 17.6 Å². The van der Waals surface area contributed by atoms with Crippen LogP contribution in [0, 0.1) is 0 Å². The minimum atomic E-state index is -3.62. The van der Waals surface area contributed by atoms with Gasteiger partial charge in [0, 0.05) is 18.0 Å². The Labute approximate surface area is 146 Å². The molecule has 3 heterocycles. The van der Waals surface area contributed by atoms with E-state index in [1.165, 1.54) is 28.9 Å². The fourth-order valence-electron chi connectivity index (χ4n) is 2.18. The molecule has 0 spiro atoms. The third-order valence-corrected chi connectivity index (χ3v) is 7.33. The molecule has 8 heteroatoms. The summed E-state index contributed by atoms with van der Waals surface area (Å²) in [6.07, 6.45) is 3.18. The SMILES string of the molecule is O=S(=O)(c1cccs1)n1ccc(-c2cnc(-c3ccccc3)s2)n1. The van der Waals surface area contributed by atoms with Crippen LogP contribution in [0.15, 0.2) is 70.5 Å². The average Bonchev–Trinajstić information content (AvgIpc) is 3.35. The van der Waals surface area contributed by atoms with Crippen molar-refractivity contribution in [3.05, 3.63) is 66.3 Å². The molecule has 0 atom stereocenters. The lowest BCUT2D eigenvalue weighted by atomic mass is 10.2. The Hall–Kier alpha value is -2.29. The minimum absolute atomic E-state index is 0.270. The Morgan fingerprint density at radius 3 is 2.58 bits per heavy atom. The molecule has 24 heavy (non-hydrogen) atoms. The topological polar surface area (TPSA) is 64.8 Å². The smallest absolute Gasteiger partial charge is 0.244 e. The lowest BCUT2D eigenvalue weighted by Gasteiger charge is -2.00. The van der Waals surface area contributed by atoms with Crippen molar-refractivity contribution in [2.24, 2.45) is 0 Å². The van der Waals surface area contributed by atoms with Crippen molar-refractivity contribution in [2.75, 3.05) is 0 Å². The molecule has 0 aliphatic carbocycles. The molecule has 0 N–H and O–H groups in total. The molecule has 0 aliphatic heterocycles. The monoisotopic (exact) mass is 373 g/mol. The van der Waals surface area contributed by atoms with Crippen LogP contribution in [-0.2, 0) is 10.0 Å². The highest BCUT2D eigenvalue weighted by Gasteiger charge is 2.20. The van der Waals surface area contributed by atoms with Crippen LogP contribution in [0.5, 0.6) is 0 Å². The Bertz CT molecular complexity index is 1060. The van der Waals surface area contributed by atoms with Crippen LogP contribution in [0.25, 0.3) is 21.1 Å². The number of nitrogens with zero attached hydrogens (tertiary/aromatic N) is 3. The Kier molecular flexibility index (Phi) is 3.79. The molecule has 4 aromatic rings. The molecule has 0 bridgehead atoms. The molecular formula is C16H11N3O2S3. The molecule has 0 saturated carbocycles. The molecule has 0 unspecified atom stereocenters. The van der Waals surface area contributed by atoms with Gasteiger partial charge in [0.1, 0.15) is 14.9 Å². The minimum Gasteiger partial charge on any atom is -0.244 e. The van der Waals surface area contributed by atoms with Gasteiger partial charge in [-0.15, -0.1) is 22.7 Å². The third kappa shape index (κ3) is 2.68. The van der Waals surface area contributed by atoms with Crippen LogP contribution < -0.4 is 0 Å².